The Morgan fingerprint density at radius 2 is 1.52 bits per heavy atom. The first-order valence-corrected chi connectivity index (χ1v) is 18.1. The standard InChI is InChI=1S/C41H33BClF6NO6/c43-34-20-30(51)13-11-25(34)15-24(23-7-3-1-4-8-23)12-14-35-36-26(22-55-31-9-5-2-6-10-31)16-32-37(33(36)21-42(54)56-35)39(53)50(38(32)52)29-18-27(40(44,45)46)17-28(19-29)41(47,48)49/h1-11,13,15,17-20,32-33,35,37,51,54H,12,14,16,21-22H2/b24-15-/t32-,33+,35-,37-/m1/s1. The zero-order valence-electron chi connectivity index (χ0n) is 29.4. The number of amides is 2. The monoisotopic (exact) mass is 795 g/mol. The number of alkyl halides is 6. The first-order chi connectivity index (χ1) is 26.6. The molecule has 290 valence electrons. The van der Waals surface area contributed by atoms with Gasteiger partial charge in [0.15, 0.2) is 0 Å². The number of fused-ring (bicyclic) bond motifs is 3. The highest BCUT2D eigenvalue weighted by Gasteiger charge is 2.58. The van der Waals surface area contributed by atoms with Gasteiger partial charge in [-0.1, -0.05) is 60.1 Å². The van der Waals surface area contributed by atoms with Crippen LogP contribution in [0.25, 0.3) is 11.6 Å². The number of phenols is 1. The van der Waals surface area contributed by atoms with Gasteiger partial charge in [0.25, 0.3) is 0 Å². The number of benzene rings is 4. The third-order valence-electron chi connectivity index (χ3n) is 10.4. The van der Waals surface area contributed by atoms with E-state index in [1.165, 1.54) is 12.1 Å². The van der Waals surface area contributed by atoms with Crippen LogP contribution in [0.3, 0.4) is 0 Å². The molecular weight excluding hydrogens is 763 g/mol. The van der Waals surface area contributed by atoms with Gasteiger partial charge in [-0.2, -0.15) is 26.3 Å². The molecule has 0 saturated carbocycles. The zero-order valence-corrected chi connectivity index (χ0v) is 30.1. The number of phenolic OH excluding ortho intramolecular Hbond substituents is 1. The summed E-state index contributed by atoms with van der Waals surface area (Å²) in [6.07, 6.45) is -9.03. The molecule has 2 saturated heterocycles. The van der Waals surface area contributed by atoms with Crippen LogP contribution in [0, 0.1) is 17.8 Å². The summed E-state index contributed by atoms with van der Waals surface area (Å²) < 4.78 is 95.4. The lowest BCUT2D eigenvalue weighted by Crippen LogP contribution is -2.46. The van der Waals surface area contributed by atoms with Crippen molar-refractivity contribution in [1.82, 2.24) is 0 Å². The topological polar surface area (TPSA) is 96.3 Å². The van der Waals surface area contributed by atoms with Gasteiger partial charge >= 0.3 is 19.5 Å². The number of halogens is 7. The Labute approximate surface area is 322 Å². The summed E-state index contributed by atoms with van der Waals surface area (Å²) in [6.45, 7) is -0.0667. The Bertz CT molecular complexity index is 2160. The molecular formula is C41H33BClF6NO6. The van der Waals surface area contributed by atoms with Crippen molar-refractivity contribution in [1.29, 1.82) is 0 Å². The molecule has 4 aromatic carbocycles. The van der Waals surface area contributed by atoms with Gasteiger partial charge in [0.1, 0.15) is 18.1 Å². The number of nitrogens with zero attached hydrogens (tertiary/aromatic N) is 1. The maximum Gasteiger partial charge on any atom is 0.455 e. The molecule has 2 amide bonds. The number of hydrogen-bond acceptors (Lipinski definition) is 6. The SMILES string of the molecule is O=C1[C@@H]2[C@@H](CC(COc3ccccc3)=C3[C@@H](CC/C(=C/c4ccc(O)cc4Cl)c4ccccc4)OB(O)C[C@@H]32)C(=O)N1c1cc(C(F)(F)F)cc(C(F)(F)F)c1. The number of carbonyl (C=O) groups is 2. The van der Waals surface area contributed by atoms with Crippen LogP contribution in [0.4, 0.5) is 32.0 Å². The molecule has 0 unspecified atom stereocenters. The highest BCUT2D eigenvalue weighted by molar-refractivity contribution is 6.43. The van der Waals surface area contributed by atoms with E-state index >= 15 is 0 Å². The average Bonchev–Trinajstić information content (AvgIpc) is 3.41. The maximum atomic E-state index is 14.3. The van der Waals surface area contributed by atoms with Gasteiger partial charge in [-0.3, -0.25) is 9.59 Å². The fourth-order valence-electron chi connectivity index (χ4n) is 7.97. The summed E-state index contributed by atoms with van der Waals surface area (Å²) in [5.41, 5.74) is -0.704. The smallest absolute Gasteiger partial charge is 0.455 e. The molecule has 0 spiro atoms. The van der Waals surface area contributed by atoms with Crippen molar-refractivity contribution in [3.63, 3.8) is 0 Å². The predicted molar refractivity (Wildman–Crippen MR) is 197 cm³/mol. The van der Waals surface area contributed by atoms with Crippen molar-refractivity contribution in [3.05, 3.63) is 135 Å². The third kappa shape index (κ3) is 8.09. The number of aromatic hydroxyl groups is 1. The third-order valence-corrected chi connectivity index (χ3v) is 10.8. The number of para-hydroxylation sites is 1. The number of allylic oxidation sites excluding steroid dienone is 1. The summed E-state index contributed by atoms with van der Waals surface area (Å²) >= 11 is 6.46. The second kappa shape index (κ2) is 15.5. The molecule has 2 heterocycles. The molecule has 7 nitrogen and oxygen atoms in total. The highest BCUT2D eigenvalue weighted by atomic mass is 35.5. The number of imide groups is 1. The van der Waals surface area contributed by atoms with E-state index in [1.807, 2.05) is 36.4 Å². The minimum atomic E-state index is -5.20. The van der Waals surface area contributed by atoms with Crippen LogP contribution < -0.4 is 9.64 Å². The first kappa shape index (κ1) is 39.2. The molecule has 0 aromatic heterocycles. The van der Waals surface area contributed by atoms with Gasteiger partial charge in [-0.25, -0.2) is 4.90 Å². The van der Waals surface area contributed by atoms with E-state index in [9.17, 15) is 46.1 Å². The van der Waals surface area contributed by atoms with Gasteiger partial charge < -0.3 is 19.5 Å². The van der Waals surface area contributed by atoms with Gasteiger partial charge in [-0.05, 0) is 114 Å². The summed E-state index contributed by atoms with van der Waals surface area (Å²) in [7, 11) is -1.41. The Hall–Kier alpha value is -5.05. The fourth-order valence-corrected chi connectivity index (χ4v) is 8.19. The normalized spacial score (nSPS) is 21.7. The van der Waals surface area contributed by atoms with E-state index in [0.29, 0.717) is 50.9 Å². The molecule has 15 heteroatoms. The van der Waals surface area contributed by atoms with E-state index in [2.05, 4.69) is 0 Å². The molecule has 2 aliphatic heterocycles. The quantitative estimate of drug-likeness (QED) is 0.0577. The van der Waals surface area contributed by atoms with Crippen molar-refractivity contribution in [3.8, 4) is 11.5 Å². The lowest BCUT2D eigenvalue weighted by Gasteiger charge is -2.43. The molecule has 3 aliphatic rings. The van der Waals surface area contributed by atoms with E-state index in [1.54, 1.807) is 36.4 Å². The van der Waals surface area contributed by atoms with Gasteiger partial charge in [0, 0.05) is 0 Å². The number of anilines is 1. The molecule has 0 radical (unpaired) electrons. The molecule has 2 fully saturated rings. The van der Waals surface area contributed by atoms with Crippen molar-refractivity contribution in [2.45, 2.75) is 44.0 Å². The van der Waals surface area contributed by atoms with Crippen LogP contribution >= 0.6 is 11.6 Å². The largest absolute Gasteiger partial charge is 0.508 e. The average molecular weight is 796 g/mol. The second-order valence-electron chi connectivity index (χ2n) is 14.0. The lowest BCUT2D eigenvalue weighted by atomic mass is 9.58. The molecule has 56 heavy (non-hydrogen) atoms. The predicted octanol–water partition coefficient (Wildman–Crippen LogP) is 9.48. The summed E-state index contributed by atoms with van der Waals surface area (Å²) in [5.74, 6) is -4.64. The minimum Gasteiger partial charge on any atom is -0.508 e. The maximum absolute atomic E-state index is 14.3. The fraction of sp³-hybridized carbons (Fsp3) is 0.268. The molecule has 1 aliphatic carbocycles. The van der Waals surface area contributed by atoms with E-state index in [4.69, 9.17) is 21.0 Å². The Balaban J connectivity index is 1.27. The summed E-state index contributed by atoms with van der Waals surface area (Å²) in [4.78, 5) is 28.8. The molecule has 7 rings (SSSR count). The van der Waals surface area contributed by atoms with Crippen molar-refractivity contribution in [2.75, 3.05) is 11.5 Å². The molecule has 4 atom stereocenters. The van der Waals surface area contributed by atoms with Crippen LogP contribution in [0.2, 0.25) is 11.3 Å². The Morgan fingerprint density at radius 1 is 0.875 bits per heavy atom. The minimum absolute atomic E-state index is 0.0100. The highest BCUT2D eigenvalue weighted by Crippen LogP contribution is 2.52. The zero-order chi connectivity index (χ0) is 39.9. The van der Waals surface area contributed by atoms with Crippen LogP contribution in [0.15, 0.2) is 108 Å². The van der Waals surface area contributed by atoms with Crippen molar-refractivity contribution in [2.24, 2.45) is 17.8 Å². The first-order valence-electron chi connectivity index (χ1n) is 17.7. The van der Waals surface area contributed by atoms with Crippen LogP contribution in [0.1, 0.15) is 41.5 Å². The van der Waals surface area contributed by atoms with Crippen LogP contribution in [-0.4, -0.2) is 41.8 Å². The van der Waals surface area contributed by atoms with E-state index in [-0.39, 0.29) is 37.6 Å². The van der Waals surface area contributed by atoms with Crippen molar-refractivity contribution >= 4 is 47.9 Å². The van der Waals surface area contributed by atoms with Gasteiger partial charge in [0.2, 0.25) is 11.8 Å². The molecule has 2 N–H and O–H groups in total. The summed E-state index contributed by atoms with van der Waals surface area (Å²) in [5, 5.41) is 21.3. The van der Waals surface area contributed by atoms with Crippen LogP contribution in [0.5, 0.6) is 11.5 Å². The molecule has 4 aromatic rings. The van der Waals surface area contributed by atoms with Crippen LogP contribution in [-0.2, 0) is 26.6 Å². The van der Waals surface area contributed by atoms with Crippen molar-refractivity contribution < 1.29 is 55.5 Å². The number of rotatable bonds is 9. The van der Waals surface area contributed by atoms with E-state index < -0.39 is 72.0 Å². The Morgan fingerprint density at radius 3 is 2.14 bits per heavy atom. The van der Waals surface area contributed by atoms with E-state index in [0.717, 1.165) is 11.1 Å². The lowest BCUT2D eigenvalue weighted by molar-refractivity contribution is -0.143. The number of ether oxygens (including phenoxy) is 1. The number of hydrogen-bond donors (Lipinski definition) is 2. The molecule has 0 bridgehead atoms. The summed E-state index contributed by atoms with van der Waals surface area (Å²) in [6, 6.07) is 23.4. The number of carbonyl (C=O) groups excluding carboxylic acids is 2. The van der Waals surface area contributed by atoms with Gasteiger partial charge in [0.05, 0.1) is 39.8 Å². The van der Waals surface area contributed by atoms with Gasteiger partial charge in [-0.15, -0.1) is 0 Å². The Kier molecular flexibility index (Phi) is 10.8. The second-order valence-corrected chi connectivity index (χ2v) is 14.4.